The molecule has 3 nitrogen and oxygen atoms in total. The SMILES string of the molecule is Cc1cc(C)cc(C2(O)CCCC2S(C)(=O)=O)c1. The Morgan fingerprint density at radius 3 is 2.28 bits per heavy atom. The lowest BCUT2D eigenvalue weighted by molar-refractivity contribution is 0.0476. The summed E-state index contributed by atoms with van der Waals surface area (Å²) >= 11 is 0. The fourth-order valence-corrected chi connectivity index (χ4v) is 4.64. The van der Waals surface area contributed by atoms with Crippen molar-refractivity contribution in [3.8, 4) is 0 Å². The second-order valence-corrected chi connectivity index (χ2v) is 7.74. The van der Waals surface area contributed by atoms with Gasteiger partial charge in [0.2, 0.25) is 0 Å². The minimum Gasteiger partial charge on any atom is -0.384 e. The predicted molar refractivity (Wildman–Crippen MR) is 72.3 cm³/mol. The van der Waals surface area contributed by atoms with Crippen molar-refractivity contribution < 1.29 is 13.5 Å². The first kappa shape index (κ1) is 13.6. The zero-order valence-electron chi connectivity index (χ0n) is 11.1. The molecule has 0 saturated heterocycles. The van der Waals surface area contributed by atoms with Crippen LogP contribution in [0.1, 0.15) is 36.0 Å². The third-order valence-corrected chi connectivity index (χ3v) is 5.45. The zero-order chi connectivity index (χ0) is 13.6. The predicted octanol–water partition coefficient (Wildman–Crippen LogP) is 2.09. The Labute approximate surface area is 109 Å². The van der Waals surface area contributed by atoms with E-state index in [0.29, 0.717) is 12.8 Å². The number of rotatable bonds is 2. The number of aryl methyl sites for hydroxylation is 2. The van der Waals surface area contributed by atoms with Crippen LogP contribution in [0.5, 0.6) is 0 Å². The molecule has 0 amide bonds. The van der Waals surface area contributed by atoms with Crippen LogP contribution >= 0.6 is 0 Å². The Balaban J connectivity index is 2.53. The number of sulfone groups is 1. The maximum atomic E-state index is 11.8. The molecule has 2 unspecified atom stereocenters. The van der Waals surface area contributed by atoms with E-state index in [9.17, 15) is 13.5 Å². The minimum absolute atomic E-state index is 0.521. The molecule has 18 heavy (non-hydrogen) atoms. The van der Waals surface area contributed by atoms with E-state index < -0.39 is 20.7 Å². The van der Waals surface area contributed by atoms with E-state index in [1.54, 1.807) is 0 Å². The van der Waals surface area contributed by atoms with Gasteiger partial charge in [-0.2, -0.15) is 0 Å². The number of hydrogen-bond donors (Lipinski definition) is 1. The monoisotopic (exact) mass is 268 g/mol. The Morgan fingerprint density at radius 1 is 1.22 bits per heavy atom. The second kappa shape index (κ2) is 4.35. The van der Waals surface area contributed by atoms with Crippen LogP contribution in [-0.2, 0) is 15.4 Å². The van der Waals surface area contributed by atoms with Gasteiger partial charge in [-0.3, -0.25) is 0 Å². The summed E-state index contributed by atoms with van der Waals surface area (Å²) in [5.41, 5.74) is 1.63. The molecule has 1 aromatic rings. The highest BCUT2D eigenvalue weighted by Crippen LogP contribution is 2.42. The van der Waals surface area contributed by atoms with Gasteiger partial charge in [-0.1, -0.05) is 29.3 Å². The molecule has 0 aromatic heterocycles. The maximum absolute atomic E-state index is 11.8. The summed E-state index contributed by atoms with van der Waals surface area (Å²) in [6, 6.07) is 5.82. The molecule has 2 rings (SSSR count). The van der Waals surface area contributed by atoms with E-state index in [1.807, 2.05) is 32.0 Å². The summed E-state index contributed by atoms with van der Waals surface area (Å²) in [4.78, 5) is 0. The number of hydrogen-bond acceptors (Lipinski definition) is 3. The highest BCUT2D eigenvalue weighted by atomic mass is 32.2. The van der Waals surface area contributed by atoms with Crippen molar-refractivity contribution in [3.63, 3.8) is 0 Å². The van der Waals surface area contributed by atoms with Gasteiger partial charge in [0.25, 0.3) is 0 Å². The van der Waals surface area contributed by atoms with Gasteiger partial charge < -0.3 is 5.11 Å². The van der Waals surface area contributed by atoms with Crippen LogP contribution in [-0.4, -0.2) is 25.0 Å². The molecule has 4 heteroatoms. The molecule has 0 radical (unpaired) electrons. The van der Waals surface area contributed by atoms with Crippen LogP contribution in [0.3, 0.4) is 0 Å². The average molecular weight is 268 g/mol. The van der Waals surface area contributed by atoms with Crippen LogP contribution in [0.4, 0.5) is 0 Å². The van der Waals surface area contributed by atoms with Gasteiger partial charge >= 0.3 is 0 Å². The smallest absolute Gasteiger partial charge is 0.153 e. The molecule has 1 aromatic carbocycles. The van der Waals surface area contributed by atoms with E-state index in [0.717, 1.165) is 23.1 Å². The van der Waals surface area contributed by atoms with Gasteiger partial charge in [-0.05, 0) is 38.7 Å². The van der Waals surface area contributed by atoms with Crippen LogP contribution in [0.25, 0.3) is 0 Å². The summed E-state index contributed by atoms with van der Waals surface area (Å²) in [6.45, 7) is 3.93. The van der Waals surface area contributed by atoms with Crippen LogP contribution in [0.2, 0.25) is 0 Å². The second-order valence-electron chi connectivity index (χ2n) is 5.51. The first-order valence-corrected chi connectivity index (χ1v) is 8.19. The fraction of sp³-hybridized carbons (Fsp3) is 0.571. The third kappa shape index (κ3) is 2.31. The van der Waals surface area contributed by atoms with Crippen molar-refractivity contribution in [1.29, 1.82) is 0 Å². The summed E-state index contributed by atoms with van der Waals surface area (Å²) in [7, 11) is -3.23. The largest absolute Gasteiger partial charge is 0.384 e. The van der Waals surface area contributed by atoms with E-state index in [2.05, 4.69) is 0 Å². The maximum Gasteiger partial charge on any atom is 0.153 e. The van der Waals surface area contributed by atoms with E-state index in [-0.39, 0.29) is 0 Å². The molecule has 1 aliphatic rings. The molecule has 1 aliphatic carbocycles. The van der Waals surface area contributed by atoms with Crippen molar-refractivity contribution >= 4 is 9.84 Å². The van der Waals surface area contributed by atoms with Gasteiger partial charge in [0.05, 0.1) is 5.25 Å². The van der Waals surface area contributed by atoms with Gasteiger partial charge in [0.15, 0.2) is 9.84 Å². The Kier molecular flexibility index (Phi) is 3.28. The average Bonchev–Trinajstić information content (AvgIpc) is 2.59. The molecular weight excluding hydrogens is 248 g/mol. The van der Waals surface area contributed by atoms with Crippen molar-refractivity contribution in [2.24, 2.45) is 0 Å². The van der Waals surface area contributed by atoms with E-state index >= 15 is 0 Å². The van der Waals surface area contributed by atoms with Crippen molar-refractivity contribution in [1.82, 2.24) is 0 Å². The normalized spacial score (nSPS) is 28.6. The zero-order valence-corrected chi connectivity index (χ0v) is 11.9. The first-order chi connectivity index (χ1) is 8.23. The lowest BCUT2D eigenvalue weighted by atomic mass is 9.89. The van der Waals surface area contributed by atoms with Crippen molar-refractivity contribution in [2.45, 2.75) is 44.0 Å². The molecule has 1 saturated carbocycles. The fourth-order valence-electron chi connectivity index (χ4n) is 3.08. The van der Waals surface area contributed by atoms with Crippen LogP contribution in [0.15, 0.2) is 18.2 Å². The molecule has 0 aliphatic heterocycles. The first-order valence-electron chi connectivity index (χ1n) is 6.23. The Bertz CT molecular complexity index is 542. The van der Waals surface area contributed by atoms with Gasteiger partial charge in [0, 0.05) is 6.26 Å². The van der Waals surface area contributed by atoms with Gasteiger partial charge in [0.1, 0.15) is 5.60 Å². The molecule has 1 N–H and O–H groups in total. The number of aliphatic hydroxyl groups is 1. The summed E-state index contributed by atoms with van der Waals surface area (Å²) in [5.74, 6) is 0. The third-order valence-electron chi connectivity index (χ3n) is 3.80. The highest BCUT2D eigenvalue weighted by molar-refractivity contribution is 7.91. The summed E-state index contributed by atoms with van der Waals surface area (Å²) < 4.78 is 23.7. The Hall–Kier alpha value is -0.870. The minimum atomic E-state index is -3.23. The topological polar surface area (TPSA) is 54.4 Å². The quantitative estimate of drug-likeness (QED) is 0.893. The molecule has 0 heterocycles. The lowest BCUT2D eigenvalue weighted by Gasteiger charge is -2.30. The lowest BCUT2D eigenvalue weighted by Crippen LogP contribution is -2.39. The molecule has 100 valence electrons. The van der Waals surface area contributed by atoms with Crippen molar-refractivity contribution in [2.75, 3.05) is 6.26 Å². The van der Waals surface area contributed by atoms with E-state index in [4.69, 9.17) is 0 Å². The summed E-state index contributed by atoms with van der Waals surface area (Å²) in [5, 5.41) is 10.2. The Morgan fingerprint density at radius 2 is 1.78 bits per heavy atom. The molecule has 1 fully saturated rings. The van der Waals surface area contributed by atoms with E-state index in [1.165, 1.54) is 6.26 Å². The summed E-state index contributed by atoms with van der Waals surface area (Å²) in [6.07, 6.45) is 3.04. The number of benzene rings is 1. The van der Waals surface area contributed by atoms with Crippen LogP contribution in [0, 0.1) is 13.8 Å². The van der Waals surface area contributed by atoms with Crippen molar-refractivity contribution in [3.05, 3.63) is 34.9 Å². The molecular formula is C14H20O3S. The molecule has 2 atom stereocenters. The van der Waals surface area contributed by atoms with Gasteiger partial charge in [-0.15, -0.1) is 0 Å². The molecule has 0 bridgehead atoms. The van der Waals surface area contributed by atoms with Gasteiger partial charge in [-0.25, -0.2) is 8.42 Å². The standard InChI is InChI=1S/C14H20O3S/c1-10-7-11(2)9-12(8-10)14(15)6-4-5-13(14)18(3,16)17/h7-9,13,15H,4-6H2,1-3H3. The highest BCUT2D eigenvalue weighted by Gasteiger charge is 2.48. The van der Waals surface area contributed by atoms with Crippen LogP contribution < -0.4 is 0 Å². The molecule has 0 spiro atoms.